The van der Waals surface area contributed by atoms with E-state index in [1.54, 1.807) is 55.5 Å². The number of nitrogens with zero attached hydrogens (tertiary/aromatic N) is 1. The lowest BCUT2D eigenvalue weighted by molar-refractivity contribution is -0.114. The van der Waals surface area contributed by atoms with Crippen molar-refractivity contribution in [2.75, 3.05) is 29.5 Å². The zero-order chi connectivity index (χ0) is 24.2. The van der Waals surface area contributed by atoms with Crippen LogP contribution in [-0.2, 0) is 14.8 Å². The molecular formula is C23H22Cl2N2O5S. The van der Waals surface area contributed by atoms with Gasteiger partial charge in [-0.2, -0.15) is 0 Å². The van der Waals surface area contributed by atoms with E-state index in [4.69, 9.17) is 32.7 Å². The van der Waals surface area contributed by atoms with E-state index >= 15 is 0 Å². The van der Waals surface area contributed by atoms with Gasteiger partial charge in [-0.3, -0.25) is 9.10 Å². The van der Waals surface area contributed by atoms with Crippen LogP contribution in [0.4, 0.5) is 11.4 Å². The van der Waals surface area contributed by atoms with Crippen molar-refractivity contribution in [1.82, 2.24) is 0 Å². The monoisotopic (exact) mass is 508 g/mol. The van der Waals surface area contributed by atoms with Crippen LogP contribution in [0.2, 0.25) is 10.0 Å². The second kappa shape index (κ2) is 10.3. The second-order valence-corrected chi connectivity index (χ2v) is 9.92. The van der Waals surface area contributed by atoms with Crippen LogP contribution in [0.5, 0.6) is 17.2 Å². The number of halogens is 2. The molecule has 0 spiro atoms. The summed E-state index contributed by atoms with van der Waals surface area (Å²) in [5.74, 6) is 0.656. The number of carbonyl (C=O) groups is 1. The summed E-state index contributed by atoms with van der Waals surface area (Å²) in [6.45, 7) is 1.26. The first-order valence-electron chi connectivity index (χ1n) is 9.72. The number of anilines is 2. The maximum Gasteiger partial charge on any atom is 0.245 e. The third-order valence-electron chi connectivity index (χ3n) is 4.63. The average Bonchev–Trinajstić information content (AvgIpc) is 2.75. The fraction of sp³-hybridized carbons (Fsp3) is 0.174. The van der Waals surface area contributed by atoms with E-state index in [-0.39, 0.29) is 5.69 Å². The number of nitrogens with one attached hydrogen (secondary N) is 1. The van der Waals surface area contributed by atoms with Crippen molar-refractivity contribution in [3.8, 4) is 17.2 Å². The van der Waals surface area contributed by atoms with Crippen molar-refractivity contribution < 1.29 is 22.7 Å². The Hall–Kier alpha value is -2.94. The lowest BCUT2D eigenvalue weighted by Crippen LogP contribution is -2.37. The molecule has 0 saturated heterocycles. The SMILES string of the molecule is COc1ccccc1Oc1ccc(Cl)cc1NC(=O)CN(c1cc(Cl)ccc1C)S(C)(=O)=O. The Morgan fingerprint density at radius 1 is 0.970 bits per heavy atom. The Balaban J connectivity index is 1.89. The summed E-state index contributed by atoms with van der Waals surface area (Å²) in [5, 5.41) is 3.41. The number of ether oxygens (including phenoxy) is 2. The van der Waals surface area contributed by atoms with Crippen LogP contribution >= 0.6 is 23.2 Å². The molecule has 3 rings (SSSR count). The molecule has 174 valence electrons. The number of para-hydroxylation sites is 2. The molecule has 0 bridgehead atoms. The van der Waals surface area contributed by atoms with Gasteiger partial charge < -0.3 is 14.8 Å². The summed E-state index contributed by atoms with van der Waals surface area (Å²) >= 11 is 12.2. The molecule has 33 heavy (non-hydrogen) atoms. The van der Waals surface area contributed by atoms with Crippen LogP contribution < -0.4 is 19.1 Å². The van der Waals surface area contributed by atoms with Crippen molar-refractivity contribution in [2.45, 2.75) is 6.92 Å². The van der Waals surface area contributed by atoms with Crippen molar-refractivity contribution >= 4 is 50.5 Å². The summed E-state index contributed by atoms with van der Waals surface area (Å²) in [4.78, 5) is 12.9. The largest absolute Gasteiger partial charge is 0.493 e. The molecule has 10 heteroatoms. The number of hydrogen-bond donors (Lipinski definition) is 1. The standard InChI is InChI=1S/C23H22Cl2N2O5S/c1-15-8-9-17(25)13-19(15)27(33(3,29)30)14-23(28)26-18-12-16(24)10-11-20(18)32-22-7-5-4-6-21(22)31-2/h4-13H,14H2,1-3H3,(H,26,28). The van der Waals surface area contributed by atoms with E-state index < -0.39 is 22.5 Å². The van der Waals surface area contributed by atoms with Crippen LogP contribution in [0.3, 0.4) is 0 Å². The second-order valence-electron chi connectivity index (χ2n) is 7.14. The first kappa shape index (κ1) is 24.7. The van der Waals surface area contributed by atoms with E-state index in [9.17, 15) is 13.2 Å². The summed E-state index contributed by atoms with van der Waals surface area (Å²) < 4.78 is 37.1. The molecule has 0 heterocycles. The average molecular weight is 509 g/mol. The van der Waals surface area contributed by atoms with E-state index in [0.717, 1.165) is 10.6 Å². The number of rotatable bonds is 8. The van der Waals surface area contributed by atoms with Crippen LogP contribution in [0, 0.1) is 6.92 Å². The summed E-state index contributed by atoms with van der Waals surface area (Å²) in [6.07, 6.45) is 1.02. The summed E-state index contributed by atoms with van der Waals surface area (Å²) in [7, 11) is -2.26. The number of sulfonamides is 1. The van der Waals surface area contributed by atoms with Gasteiger partial charge in [0.2, 0.25) is 15.9 Å². The van der Waals surface area contributed by atoms with Gasteiger partial charge in [0, 0.05) is 10.0 Å². The van der Waals surface area contributed by atoms with Gasteiger partial charge in [-0.05, 0) is 55.0 Å². The van der Waals surface area contributed by atoms with Gasteiger partial charge in [-0.1, -0.05) is 41.4 Å². The highest BCUT2D eigenvalue weighted by Crippen LogP contribution is 2.36. The van der Waals surface area contributed by atoms with Crippen molar-refractivity contribution in [3.05, 3.63) is 76.3 Å². The van der Waals surface area contributed by atoms with Gasteiger partial charge in [0.05, 0.1) is 24.7 Å². The molecular weight excluding hydrogens is 487 g/mol. The number of benzene rings is 3. The minimum Gasteiger partial charge on any atom is -0.493 e. The molecule has 0 aliphatic rings. The van der Waals surface area contributed by atoms with Gasteiger partial charge in [0.15, 0.2) is 17.2 Å². The lowest BCUT2D eigenvalue weighted by Gasteiger charge is -2.24. The Labute approximate surface area is 202 Å². The van der Waals surface area contributed by atoms with E-state index in [0.29, 0.717) is 38.5 Å². The molecule has 0 aliphatic heterocycles. The Bertz CT molecular complexity index is 1280. The van der Waals surface area contributed by atoms with Crippen LogP contribution in [0.1, 0.15) is 5.56 Å². The van der Waals surface area contributed by atoms with Crippen LogP contribution in [0.15, 0.2) is 60.7 Å². The number of hydrogen-bond acceptors (Lipinski definition) is 5. The quantitative estimate of drug-likeness (QED) is 0.433. The van der Waals surface area contributed by atoms with Gasteiger partial charge in [0.25, 0.3) is 0 Å². The highest BCUT2D eigenvalue weighted by atomic mass is 35.5. The normalized spacial score (nSPS) is 11.1. The van der Waals surface area contributed by atoms with Crippen LogP contribution in [0.25, 0.3) is 0 Å². The van der Waals surface area contributed by atoms with Gasteiger partial charge in [0.1, 0.15) is 6.54 Å². The molecule has 1 amide bonds. The molecule has 0 saturated carbocycles. The van der Waals surface area contributed by atoms with E-state index in [2.05, 4.69) is 5.32 Å². The van der Waals surface area contributed by atoms with Crippen molar-refractivity contribution in [3.63, 3.8) is 0 Å². The molecule has 0 aliphatic carbocycles. The predicted octanol–water partition coefficient (Wildman–Crippen LogP) is 5.51. The van der Waals surface area contributed by atoms with E-state index in [1.807, 2.05) is 0 Å². The molecule has 0 fully saturated rings. The Kier molecular flexibility index (Phi) is 7.73. The number of carbonyl (C=O) groups excluding carboxylic acids is 1. The molecule has 0 atom stereocenters. The first-order chi connectivity index (χ1) is 15.6. The molecule has 1 N–H and O–H groups in total. The fourth-order valence-corrected chi connectivity index (χ4v) is 4.31. The summed E-state index contributed by atoms with van der Waals surface area (Å²) in [6, 6.07) is 16.6. The topological polar surface area (TPSA) is 84.9 Å². The number of amides is 1. The molecule has 0 radical (unpaired) electrons. The van der Waals surface area contributed by atoms with Gasteiger partial charge in [-0.25, -0.2) is 8.42 Å². The summed E-state index contributed by atoms with van der Waals surface area (Å²) in [5.41, 5.74) is 1.24. The zero-order valence-corrected chi connectivity index (χ0v) is 20.5. The highest BCUT2D eigenvalue weighted by molar-refractivity contribution is 7.92. The Morgan fingerprint density at radius 2 is 1.61 bits per heavy atom. The maximum atomic E-state index is 12.9. The Morgan fingerprint density at radius 3 is 2.27 bits per heavy atom. The van der Waals surface area contributed by atoms with Gasteiger partial charge in [-0.15, -0.1) is 0 Å². The fourth-order valence-electron chi connectivity index (χ4n) is 3.06. The number of methoxy groups -OCH3 is 1. The predicted molar refractivity (Wildman–Crippen MR) is 132 cm³/mol. The maximum absolute atomic E-state index is 12.9. The highest BCUT2D eigenvalue weighted by Gasteiger charge is 2.23. The molecule has 3 aromatic rings. The van der Waals surface area contributed by atoms with Gasteiger partial charge >= 0.3 is 0 Å². The molecule has 3 aromatic carbocycles. The third-order valence-corrected chi connectivity index (χ3v) is 6.23. The number of aryl methyl sites for hydroxylation is 1. The molecule has 0 aromatic heterocycles. The lowest BCUT2D eigenvalue weighted by atomic mass is 10.2. The minimum atomic E-state index is -3.78. The van der Waals surface area contributed by atoms with Crippen molar-refractivity contribution in [2.24, 2.45) is 0 Å². The molecule has 7 nitrogen and oxygen atoms in total. The first-order valence-corrected chi connectivity index (χ1v) is 12.3. The third kappa shape index (κ3) is 6.31. The van der Waals surface area contributed by atoms with Crippen LogP contribution in [-0.4, -0.2) is 34.2 Å². The molecule has 0 unspecified atom stereocenters. The van der Waals surface area contributed by atoms with Crippen molar-refractivity contribution in [1.29, 1.82) is 0 Å². The van der Waals surface area contributed by atoms with E-state index in [1.165, 1.54) is 19.2 Å². The smallest absolute Gasteiger partial charge is 0.245 e. The minimum absolute atomic E-state index is 0.273. The zero-order valence-electron chi connectivity index (χ0n) is 18.1.